The van der Waals surface area contributed by atoms with E-state index in [1.54, 1.807) is 6.20 Å². The van der Waals surface area contributed by atoms with Gasteiger partial charge in [-0.2, -0.15) is 0 Å². The van der Waals surface area contributed by atoms with E-state index in [9.17, 15) is 0 Å². The lowest BCUT2D eigenvalue weighted by atomic mass is 10.1. The molecule has 132 valence electrons. The molecule has 1 fully saturated rings. The molecule has 0 amide bonds. The number of hydrogen-bond acceptors (Lipinski definition) is 6. The standard InChI is InChI=1S/C19H23N3O3/c1-14(16-3-4-17-18(10-16)25-13-24-17)21-6-8-22(9-7-21)19-5-2-15(12-23)11-20-19/h2-5,10-11,14,23H,6-9,12-13H2,1H3. The van der Waals surface area contributed by atoms with Crippen LogP contribution in [-0.4, -0.2) is 48.0 Å². The van der Waals surface area contributed by atoms with Gasteiger partial charge >= 0.3 is 0 Å². The highest BCUT2D eigenvalue weighted by atomic mass is 16.7. The second-order valence-corrected chi connectivity index (χ2v) is 6.49. The number of fused-ring (bicyclic) bond motifs is 1. The number of anilines is 1. The number of hydrogen-bond donors (Lipinski definition) is 1. The number of ether oxygens (including phenoxy) is 2. The molecule has 0 spiro atoms. The molecule has 6 heteroatoms. The molecular formula is C19H23N3O3. The molecule has 1 saturated heterocycles. The van der Waals surface area contributed by atoms with Gasteiger partial charge in [-0.15, -0.1) is 0 Å². The highest BCUT2D eigenvalue weighted by Gasteiger charge is 2.24. The van der Waals surface area contributed by atoms with Crippen LogP contribution in [0.5, 0.6) is 11.5 Å². The monoisotopic (exact) mass is 341 g/mol. The van der Waals surface area contributed by atoms with Gasteiger partial charge in [-0.05, 0) is 36.2 Å². The van der Waals surface area contributed by atoms with Crippen LogP contribution in [0.1, 0.15) is 24.1 Å². The van der Waals surface area contributed by atoms with E-state index in [2.05, 4.69) is 33.8 Å². The fourth-order valence-electron chi connectivity index (χ4n) is 3.42. The van der Waals surface area contributed by atoms with Gasteiger partial charge in [0.25, 0.3) is 0 Å². The maximum atomic E-state index is 9.12. The van der Waals surface area contributed by atoms with Crippen LogP contribution in [0.15, 0.2) is 36.5 Å². The molecule has 1 atom stereocenters. The molecule has 2 aromatic rings. The Morgan fingerprint density at radius 1 is 1.08 bits per heavy atom. The number of piperazine rings is 1. The summed E-state index contributed by atoms with van der Waals surface area (Å²) >= 11 is 0. The molecule has 1 aromatic heterocycles. The molecule has 6 nitrogen and oxygen atoms in total. The summed E-state index contributed by atoms with van der Waals surface area (Å²) in [4.78, 5) is 9.24. The van der Waals surface area contributed by atoms with E-state index in [1.807, 2.05) is 18.2 Å². The molecule has 2 aliphatic heterocycles. The predicted molar refractivity (Wildman–Crippen MR) is 94.9 cm³/mol. The van der Waals surface area contributed by atoms with Crippen molar-refractivity contribution in [2.45, 2.75) is 19.6 Å². The molecule has 3 heterocycles. The first-order valence-corrected chi connectivity index (χ1v) is 8.69. The second-order valence-electron chi connectivity index (χ2n) is 6.49. The average molecular weight is 341 g/mol. The van der Waals surface area contributed by atoms with Crippen molar-refractivity contribution in [3.8, 4) is 11.5 Å². The first-order valence-electron chi connectivity index (χ1n) is 8.69. The fraction of sp³-hybridized carbons (Fsp3) is 0.421. The van der Waals surface area contributed by atoms with E-state index in [0.29, 0.717) is 12.8 Å². The molecule has 0 bridgehead atoms. The third kappa shape index (κ3) is 3.27. The first-order chi connectivity index (χ1) is 12.2. The molecular weight excluding hydrogens is 318 g/mol. The third-order valence-electron chi connectivity index (χ3n) is 5.06. The van der Waals surface area contributed by atoms with Crippen LogP contribution < -0.4 is 14.4 Å². The Bertz CT molecular complexity index is 727. The maximum Gasteiger partial charge on any atom is 0.231 e. The van der Waals surface area contributed by atoms with Crippen molar-refractivity contribution in [3.05, 3.63) is 47.7 Å². The van der Waals surface area contributed by atoms with Crippen molar-refractivity contribution < 1.29 is 14.6 Å². The number of nitrogens with zero attached hydrogens (tertiary/aromatic N) is 3. The summed E-state index contributed by atoms with van der Waals surface area (Å²) in [6, 6.07) is 10.5. The van der Waals surface area contributed by atoms with Gasteiger partial charge in [-0.25, -0.2) is 4.98 Å². The largest absolute Gasteiger partial charge is 0.454 e. The normalized spacial score (nSPS) is 18.4. The van der Waals surface area contributed by atoms with Crippen LogP contribution >= 0.6 is 0 Å². The van der Waals surface area contributed by atoms with Gasteiger partial charge in [-0.3, -0.25) is 4.90 Å². The lowest BCUT2D eigenvalue weighted by Gasteiger charge is -2.38. The summed E-state index contributed by atoms with van der Waals surface area (Å²) in [6.07, 6.45) is 1.75. The number of rotatable bonds is 4. The van der Waals surface area contributed by atoms with E-state index in [-0.39, 0.29) is 6.61 Å². The highest BCUT2D eigenvalue weighted by Crippen LogP contribution is 2.35. The van der Waals surface area contributed by atoms with Gasteiger partial charge in [-0.1, -0.05) is 12.1 Å². The Hall–Kier alpha value is -2.31. The summed E-state index contributed by atoms with van der Waals surface area (Å²) in [5.74, 6) is 2.65. The summed E-state index contributed by atoms with van der Waals surface area (Å²) in [7, 11) is 0. The van der Waals surface area contributed by atoms with Crippen LogP contribution in [-0.2, 0) is 6.61 Å². The van der Waals surface area contributed by atoms with E-state index in [1.165, 1.54) is 5.56 Å². The van der Waals surface area contributed by atoms with Crippen molar-refractivity contribution in [1.82, 2.24) is 9.88 Å². The molecule has 1 unspecified atom stereocenters. The van der Waals surface area contributed by atoms with E-state index in [4.69, 9.17) is 14.6 Å². The third-order valence-corrected chi connectivity index (χ3v) is 5.06. The lowest BCUT2D eigenvalue weighted by Crippen LogP contribution is -2.47. The van der Waals surface area contributed by atoms with Gasteiger partial charge < -0.3 is 19.5 Å². The van der Waals surface area contributed by atoms with Gasteiger partial charge in [0, 0.05) is 38.4 Å². The van der Waals surface area contributed by atoms with Crippen molar-refractivity contribution >= 4 is 5.82 Å². The van der Waals surface area contributed by atoms with Crippen LogP contribution in [0.4, 0.5) is 5.82 Å². The van der Waals surface area contributed by atoms with Crippen LogP contribution in [0.3, 0.4) is 0 Å². The highest BCUT2D eigenvalue weighted by molar-refractivity contribution is 5.45. The fourth-order valence-corrected chi connectivity index (χ4v) is 3.42. The Morgan fingerprint density at radius 3 is 2.60 bits per heavy atom. The Balaban J connectivity index is 1.39. The zero-order valence-corrected chi connectivity index (χ0v) is 14.4. The van der Waals surface area contributed by atoms with E-state index < -0.39 is 0 Å². The van der Waals surface area contributed by atoms with E-state index >= 15 is 0 Å². The number of pyridine rings is 1. The minimum absolute atomic E-state index is 0.0358. The molecule has 1 aromatic carbocycles. The minimum Gasteiger partial charge on any atom is -0.454 e. The van der Waals surface area contributed by atoms with E-state index in [0.717, 1.165) is 49.1 Å². The van der Waals surface area contributed by atoms with Gasteiger partial charge in [0.15, 0.2) is 11.5 Å². The number of aromatic nitrogens is 1. The van der Waals surface area contributed by atoms with Crippen molar-refractivity contribution in [2.24, 2.45) is 0 Å². The predicted octanol–water partition coefficient (Wildman–Crippen LogP) is 2.19. The number of aliphatic hydroxyl groups excluding tert-OH is 1. The molecule has 4 rings (SSSR count). The summed E-state index contributed by atoms with van der Waals surface area (Å²) in [5, 5.41) is 9.12. The molecule has 0 aliphatic carbocycles. The number of benzene rings is 1. The summed E-state index contributed by atoms with van der Waals surface area (Å²) in [6.45, 7) is 6.45. The quantitative estimate of drug-likeness (QED) is 0.920. The van der Waals surface area contributed by atoms with Gasteiger partial charge in [0.05, 0.1) is 6.61 Å². The van der Waals surface area contributed by atoms with Crippen LogP contribution in [0.2, 0.25) is 0 Å². The Kier molecular flexibility index (Phi) is 4.46. The molecule has 1 N–H and O–H groups in total. The Morgan fingerprint density at radius 2 is 1.88 bits per heavy atom. The SMILES string of the molecule is CC(c1ccc2c(c1)OCO2)N1CCN(c2ccc(CO)cn2)CC1. The molecule has 0 radical (unpaired) electrons. The van der Waals surface area contributed by atoms with Crippen LogP contribution in [0.25, 0.3) is 0 Å². The topological polar surface area (TPSA) is 58.1 Å². The Labute approximate surface area is 147 Å². The summed E-state index contributed by atoms with van der Waals surface area (Å²) < 4.78 is 10.9. The minimum atomic E-state index is 0.0358. The van der Waals surface area contributed by atoms with Crippen LogP contribution in [0, 0.1) is 0 Å². The lowest BCUT2D eigenvalue weighted by molar-refractivity contribution is 0.173. The number of aliphatic hydroxyl groups is 1. The van der Waals surface area contributed by atoms with Crippen molar-refractivity contribution in [1.29, 1.82) is 0 Å². The molecule has 0 saturated carbocycles. The zero-order chi connectivity index (χ0) is 17.2. The molecule has 25 heavy (non-hydrogen) atoms. The van der Waals surface area contributed by atoms with Crippen molar-refractivity contribution in [3.63, 3.8) is 0 Å². The summed E-state index contributed by atoms with van der Waals surface area (Å²) in [5.41, 5.74) is 2.10. The zero-order valence-electron chi connectivity index (χ0n) is 14.4. The van der Waals surface area contributed by atoms with Crippen molar-refractivity contribution in [2.75, 3.05) is 37.9 Å². The smallest absolute Gasteiger partial charge is 0.231 e. The van der Waals surface area contributed by atoms with Gasteiger partial charge in [0.2, 0.25) is 6.79 Å². The molecule has 2 aliphatic rings. The second kappa shape index (κ2) is 6.90. The van der Waals surface area contributed by atoms with Gasteiger partial charge in [0.1, 0.15) is 5.82 Å². The first kappa shape index (κ1) is 16.2. The maximum absolute atomic E-state index is 9.12. The average Bonchev–Trinajstić information content (AvgIpc) is 3.15.